The Labute approximate surface area is 169 Å². The Hall–Kier alpha value is -3.07. The van der Waals surface area contributed by atoms with Crippen molar-refractivity contribution >= 4 is 22.5 Å². The van der Waals surface area contributed by atoms with E-state index in [0.29, 0.717) is 16.9 Å². The highest BCUT2D eigenvalue weighted by Gasteiger charge is 2.43. The number of fused-ring (bicyclic) bond motifs is 1. The van der Waals surface area contributed by atoms with Gasteiger partial charge in [0.05, 0.1) is 11.6 Å². The third-order valence-electron chi connectivity index (χ3n) is 5.14. The van der Waals surface area contributed by atoms with Gasteiger partial charge in [-0.2, -0.15) is 13.2 Å². The van der Waals surface area contributed by atoms with Gasteiger partial charge in [-0.15, -0.1) is 0 Å². The molecule has 1 aliphatic rings. The number of benzene rings is 1. The zero-order valence-electron chi connectivity index (χ0n) is 15.9. The summed E-state index contributed by atoms with van der Waals surface area (Å²) < 4.78 is 51.5. The molecule has 1 fully saturated rings. The lowest BCUT2D eigenvalue weighted by atomic mass is 9.99. The Balaban J connectivity index is 1.59. The maximum Gasteiger partial charge on any atom is 0.409 e. The number of hydrogen-bond acceptors (Lipinski definition) is 4. The van der Waals surface area contributed by atoms with Crippen LogP contribution >= 0.6 is 0 Å². The quantitative estimate of drug-likeness (QED) is 0.613. The van der Waals surface area contributed by atoms with Crippen LogP contribution in [-0.4, -0.2) is 28.2 Å². The average molecular weight is 418 g/mol. The Morgan fingerprint density at radius 3 is 2.53 bits per heavy atom. The van der Waals surface area contributed by atoms with E-state index in [-0.39, 0.29) is 18.0 Å². The molecule has 0 bridgehead atoms. The van der Waals surface area contributed by atoms with Crippen LogP contribution < -0.4 is 11.1 Å². The number of hydrogen-bond donors (Lipinski definition) is 2. The maximum absolute atomic E-state index is 13.0. The maximum atomic E-state index is 13.0. The van der Waals surface area contributed by atoms with E-state index in [1.54, 1.807) is 25.3 Å². The number of carbonyl (C=O) groups is 1. The largest absolute Gasteiger partial charge is 0.409 e. The molecule has 3 atom stereocenters. The number of rotatable bonds is 4. The molecule has 0 aliphatic heterocycles. The van der Waals surface area contributed by atoms with Crippen molar-refractivity contribution < 1.29 is 22.4 Å². The van der Waals surface area contributed by atoms with Crippen molar-refractivity contribution in [2.75, 3.05) is 5.32 Å². The van der Waals surface area contributed by atoms with Crippen molar-refractivity contribution in [2.24, 2.45) is 11.7 Å². The van der Waals surface area contributed by atoms with E-state index in [1.807, 2.05) is 12.1 Å². The lowest BCUT2D eigenvalue weighted by molar-refractivity contribution is -0.150. The Morgan fingerprint density at radius 1 is 1.17 bits per heavy atom. The van der Waals surface area contributed by atoms with Crippen LogP contribution in [0.1, 0.15) is 23.7 Å². The van der Waals surface area contributed by atoms with Gasteiger partial charge in [0.2, 0.25) is 5.91 Å². The molecule has 9 heteroatoms. The number of alkyl halides is 4. The van der Waals surface area contributed by atoms with Gasteiger partial charge in [0.25, 0.3) is 0 Å². The van der Waals surface area contributed by atoms with Gasteiger partial charge in [0.1, 0.15) is 18.0 Å². The summed E-state index contributed by atoms with van der Waals surface area (Å²) in [6, 6.07) is 6.34. The van der Waals surface area contributed by atoms with Crippen LogP contribution in [0.4, 0.5) is 23.4 Å². The first-order valence-electron chi connectivity index (χ1n) is 9.27. The molecular formula is C21H18F4N4O. The minimum absolute atomic E-state index is 0.238. The lowest BCUT2D eigenvalue weighted by Crippen LogP contribution is -2.29. The van der Waals surface area contributed by atoms with Gasteiger partial charge in [-0.1, -0.05) is 12.1 Å². The third kappa shape index (κ3) is 3.97. The number of nitrogens with zero attached hydrogens (tertiary/aromatic N) is 2. The summed E-state index contributed by atoms with van der Waals surface area (Å²) in [6.07, 6.45) is -2.45. The fourth-order valence-corrected chi connectivity index (χ4v) is 3.25. The summed E-state index contributed by atoms with van der Waals surface area (Å²) in [5.74, 6) is -0.652. The van der Waals surface area contributed by atoms with Gasteiger partial charge in [-0.3, -0.25) is 9.78 Å². The smallest absolute Gasteiger partial charge is 0.315 e. The summed E-state index contributed by atoms with van der Waals surface area (Å²) in [5.41, 5.74) is 7.05. The fourth-order valence-electron chi connectivity index (χ4n) is 3.25. The molecule has 2 heterocycles. The summed E-state index contributed by atoms with van der Waals surface area (Å²) in [5, 5.41) is 4.18. The molecule has 30 heavy (non-hydrogen) atoms. The van der Waals surface area contributed by atoms with Gasteiger partial charge in [0, 0.05) is 23.3 Å². The lowest BCUT2D eigenvalue weighted by Gasteiger charge is -2.16. The molecule has 0 unspecified atom stereocenters. The predicted octanol–water partition coefficient (Wildman–Crippen LogP) is 4.46. The van der Waals surface area contributed by atoms with Crippen molar-refractivity contribution in [1.82, 2.24) is 9.97 Å². The summed E-state index contributed by atoms with van der Waals surface area (Å²) in [7, 11) is 0. The second-order valence-electron chi connectivity index (χ2n) is 7.42. The normalized spacial score (nSPS) is 19.5. The standard InChI is InChI=1S/C21H18F4N4O/c1-10-4-17(19(26)21(23,24)25)27-9-15(10)12-3-2-11-6-18(28-8-13(11)5-12)29-20(30)14-7-16(14)22/h2-6,8-9,14,16,19H,7,26H2,1H3,(H,28,29,30)/t14-,16+,19+/m1/s1. The number of nitrogens with one attached hydrogen (secondary N) is 1. The SMILES string of the molecule is Cc1cc([C@H](N)C(F)(F)F)ncc1-c1ccc2cc(NC(=O)[C@@H]3C[C@@H]3F)ncc2c1. The van der Waals surface area contributed by atoms with Crippen LogP contribution in [-0.2, 0) is 4.79 Å². The van der Waals surface area contributed by atoms with Crippen LogP contribution in [0.2, 0.25) is 0 Å². The van der Waals surface area contributed by atoms with E-state index in [0.717, 1.165) is 16.3 Å². The molecule has 3 aromatic rings. The molecule has 4 rings (SSSR count). The van der Waals surface area contributed by atoms with Crippen LogP contribution in [0.25, 0.3) is 21.9 Å². The summed E-state index contributed by atoms with van der Waals surface area (Å²) in [4.78, 5) is 19.9. The summed E-state index contributed by atoms with van der Waals surface area (Å²) in [6.45, 7) is 1.70. The Kier molecular flexibility index (Phi) is 4.93. The Bertz CT molecular complexity index is 1130. The zero-order valence-corrected chi connectivity index (χ0v) is 15.9. The van der Waals surface area contributed by atoms with Crippen LogP contribution in [0.15, 0.2) is 42.7 Å². The van der Waals surface area contributed by atoms with Crippen molar-refractivity contribution in [3.63, 3.8) is 0 Å². The predicted molar refractivity (Wildman–Crippen MR) is 104 cm³/mol. The minimum atomic E-state index is -4.56. The fraction of sp³-hybridized carbons (Fsp3) is 0.286. The van der Waals surface area contributed by atoms with Crippen LogP contribution in [0.5, 0.6) is 0 Å². The summed E-state index contributed by atoms with van der Waals surface area (Å²) >= 11 is 0. The number of aryl methyl sites for hydroxylation is 1. The van der Waals surface area contributed by atoms with Crippen molar-refractivity contribution in [3.05, 3.63) is 54.0 Å². The van der Waals surface area contributed by atoms with Crippen LogP contribution in [0, 0.1) is 12.8 Å². The van der Waals surface area contributed by atoms with Gasteiger partial charge < -0.3 is 11.1 Å². The topological polar surface area (TPSA) is 80.9 Å². The molecular weight excluding hydrogens is 400 g/mol. The van der Waals surface area contributed by atoms with Gasteiger partial charge >= 0.3 is 6.18 Å². The van der Waals surface area contributed by atoms with E-state index in [1.165, 1.54) is 12.3 Å². The van der Waals surface area contributed by atoms with Gasteiger partial charge in [-0.05, 0) is 48.1 Å². The number of halogens is 4. The highest BCUT2D eigenvalue weighted by molar-refractivity contribution is 5.96. The molecule has 1 amide bonds. The average Bonchev–Trinajstić information content (AvgIpc) is 3.43. The number of carbonyl (C=O) groups excluding carboxylic acids is 1. The van der Waals surface area contributed by atoms with Crippen molar-refractivity contribution in [1.29, 1.82) is 0 Å². The van der Waals surface area contributed by atoms with Gasteiger partial charge in [0.15, 0.2) is 0 Å². The number of aromatic nitrogens is 2. The molecule has 0 spiro atoms. The molecule has 0 saturated heterocycles. The van der Waals surface area contributed by atoms with E-state index in [2.05, 4.69) is 15.3 Å². The van der Waals surface area contributed by atoms with E-state index in [9.17, 15) is 22.4 Å². The monoisotopic (exact) mass is 418 g/mol. The highest BCUT2D eigenvalue weighted by Crippen LogP contribution is 2.35. The molecule has 2 aromatic heterocycles. The molecule has 0 radical (unpaired) electrons. The molecule has 1 aromatic carbocycles. The van der Waals surface area contributed by atoms with E-state index >= 15 is 0 Å². The number of pyridine rings is 2. The number of anilines is 1. The third-order valence-corrected chi connectivity index (χ3v) is 5.14. The Morgan fingerprint density at radius 2 is 1.90 bits per heavy atom. The van der Waals surface area contributed by atoms with E-state index < -0.39 is 24.3 Å². The highest BCUT2D eigenvalue weighted by atomic mass is 19.4. The van der Waals surface area contributed by atoms with Crippen molar-refractivity contribution in [2.45, 2.75) is 31.7 Å². The molecule has 5 nitrogen and oxygen atoms in total. The van der Waals surface area contributed by atoms with Gasteiger partial charge in [-0.25, -0.2) is 9.37 Å². The minimum Gasteiger partial charge on any atom is -0.315 e. The second kappa shape index (κ2) is 7.32. The molecule has 3 N–H and O–H groups in total. The zero-order chi connectivity index (χ0) is 21.6. The van der Waals surface area contributed by atoms with E-state index in [4.69, 9.17) is 5.73 Å². The van der Waals surface area contributed by atoms with Crippen molar-refractivity contribution in [3.8, 4) is 11.1 Å². The molecule has 1 saturated carbocycles. The van der Waals surface area contributed by atoms with Crippen LogP contribution in [0.3, 0.4) is 0 Å². The first-order valence-corrected chi connectivity index (χ1v) is 9.27. The first kappa shape index (κ1) is 20.2. The first-order chi connectivity index (χ1) is 14.1. The molecule has 1 aliphatic carbocycles. The number of nitrogens with two attached hydrogens (primary N) is 1. The molecule has 156 valence electrons. The number of amides is 1. The second-order valence-corrected chi connectivity index (χ2v) is 7.42.